The molecule has 0 amide bonds. The van der Waals surface area contributed by atoms with Crippen molar-refractivity contribution in [2.45, 2.75) is 20.3 Å². The van der Waals surface area contributed by atoms with Crippen LogP contribution in [0.25, 0.3) is 0 Å². The highest BCUT2D eigenvalue weighted by Crippen LogP contribution is 2.16. The van der Waals surface area contributed by atoms with E-state index >= 15 is 0 Å². The SMILES string of the molecule is CCc1ccc(NCC(C)(CO)CO)cc1. The molecule has 0 fully saturated rings. The van der Waals surface area contributed by atoms with Crippen molar-refractivity contribution in [2.24, 2.45) is 5.41 Å². The maximum atomic E-state index is 9.15. The van der Waals surface area contributed by atoms with Crippen LogP contribution in [0, 0.1) is 5.41 Å². The van der Waals surface area contributed by atoms with Gasteiger partial charge in [0.25, 0.3) is 0 Å². The van der Waals surface area contributed by atoms with Crippen LogP contribution < -0.4 is 5.32 Å². The van der Waals surface area contributed by atoms with Crippen LogP contribution in [-0.4, -0.2) is 30.0 Å². The van der Waals surface area contributed by atoms with Crippen molar-refractivity contribution in [1.29, 1.82) is 0 Å². The van der Waals surface area contributed by atoms with Crippen molar-refractivity contribution >= 4 is 5.69 Å². The number of benzene rings is 1. The minimum absolute atomic E-state index is 0.0243. The van der Waals surface area contributed by atoms with Crippen LogP contribution in [0.5, 0.6) is 0 Å². The summed E-state index contributed by atoms with van der Waals surface area (Å²) in [4.78, 5) is 0. The van der Waals surface area contributed by atoms with Gasteiger partial charge in [0.2, 0.25) is 0 Å². The second kappa shape index (κ2) is 5.87. The molecule has 1 aromatic carbocycles. The van der Waals surface area contributed by atoms with E-state index in [1.807, 2.05) is 19.1 Å². The van der Waals surface area contributed by atoms with E-state index in [0.29, 0.717) is 6.54 Å². The molecule has 0 atom stereocenters. The number of hydrogen-bond donors (Lipinski definition) is 3. The Morgan fingerprint density at radius 2 is 1.69 bits per heavy atom. The zero-order valence-corrected chi connectivity index (χ0v) is 10.0. The third-order valence-electron chi connectivity index (χ3n) is 2.84. The smallest absolute Gasteiger partial charge is 0.0523 e. The third kappa shape index (κ3) is 3.51. The Bertz CT molecular complexity index is 304. The molecule has 0 saturated carbocycles. The Balaban J connectivity index is 2.54. The van der Waals surface area contributed by atoms with Crippen molar-refractivity contribution < 1.29 is 10.2 Å². The van der Waals surface area contributed by atoms with Gasteiger partial charge < -0.3 is 15.5 Å². The quantitative estimate of drug-likeness (QED) is 0.687. The van der Waals surface area contributed by atoms with Crippen LogP contribution in [0.2, 0.25) is 0 Å². The van der Waals surface area contributed by atoms with Gasteiger partial charge in [-0.1, -0.05) is 26.0 Å². The highest BCUT2D eigenvalue weighted by molar-refractivity contribution is 5.44. The minimum Gasteiger partial charge on any atom is -0.396 e. The first kappa shape index (κ1) is 13.0. The molecule has 1 aromatic rings. The molecule has 3 heteroatoms. The lowest BCUT2D eigenvalue weighted by Crippen LogP contribution is -2.33. The average Bonchev–Trinajstić information content (AvgIpc) is 2.36. The molecule has 0 aliphatic rings. The fourth-order valence-corrected chi connectivity index (χ4v) is 1.34. The normalized spacial score (nSPS) is 11.5. The van der Waals surface area contributed by atoms with E-state index in [1.165, 1.54) is 5.56 Å². The Hall–Kier alpha value is -1.06. The van der Waals surface area contributed by atoms with Crippen LogP contribution in [0.3, 0.4) is 0 Å². The van der Waals surface area contributed by atoms with Crippen molar-refractivity contribution in [3.05, 3.63) is 29.8 Å². The molecule has 1 rings (SSSR count). The molecule has 0 bridgehead atoms. The number of nitrogens with one attached hydrogen (secondary N) is 1. The van der Waals surface area contributed by atoms with Crippen molar-refractivity contribution in [2.75, 3.05) is 25.1 Å². The van der Waals surface area contributed by atoms with Gasteiger partial charge in [-0.05, 0) is 24.1 Å². The standard InChI is InChI=1S/C13H21NO2/c1-3-11-4-6-12(7-5-11)14-8-13(2,9-15)10-16/h4-7,14-16H,3,8-10H2,1-2H3. The average molecular weight is 223 g/mol. The lowest BCUT2D eigenvalue weighted by atomic mass is 9.93. The first-order valence-electron chi connectivity index (χ1n) is 5.68. The molecule has 0 unspecified atom stereocenters. The highest BCUT2D eigenvalue weighted by atomic mass is 16.3. The van der Waals surface area contributed by atoms with E-state index < -0.39 is 5.41 Å². The summed E-state index contributed by atoms with van der Waals surface area (Å²) >= 11 is 0. The van der Waals surface area contributed by atoms with E-state index in [4.69, 9.17) is 10.2 Å². The summed E-state index contributed by atoms with van der Waals surface area (Å²) in [6.45, 7) is 4.48. The lowest BCUT2D eigenvalue weighted by molar-refractivity contribution is 0.0806. The highest BCUT2D eigenvalue weighted by Gasteiger charge is 2.21. The number of hydrogen-bond acceptors (Lipinski definition) is 3. The number of aryl methyl sites for hydroxylation is 1. The van der Waals surface area contributed by atoms with E-state index in [-0.39, 0.29) is 13.2 Å². The van der Waals surface area contributed by atoms with Crippen molar-refractivity contribution in [3.8, 4) is 0 Å². The molecule has 0 spiro atoms. The summed E-state index contributed by atoms with van der Waals surface area (Å²) in [5.74, 6) is 0. The van der Waals surface area contributed by atoms with Crippen LogP contribution in [0.15, 0.2) is 24.3 Å². The van der Waals surface area contributed by atoms with Gasteiger partial charge in [-0.3, -0.25) is 0 Å². The van der Waals surface area contributed by atoms with Gasteiger partial charge in [-0.15, -0.1) is 0 Å². The molecule has 0 heterocycles. The molecular formula is C13H21NO2. The monoisotopic (exact) mass is 223 g/mol. The van der Waals surface area contributed by atoms with E-state index in [9.17, 15) is 0 Å². The van der Waals surface area contributed by atoms with Gasteiger partial charge >= 0.3 is 0 Å². The predicted octanol–water partition coefficient (Wildman–Crippen LogP) is 1.65. The Kier molecular flexibility index (Phi) is 4.77. The number of anilines is 1. The lowest BCUT2D eigenvalue weighted by Gasteiger charge is -2.25. The molecule has 0 aliphatic heterocycles. The summed E-state index contributed by atoms with van der Waals surface area (Å²) in [6.07, 6.45) is 1.03. The molecule has 0 saturated heterocycles. The summed E-state index contributed by atoms with van der Waals surface area (Å²) in [5.41, 5.74) is 1.85. The molecular weight excluding hydrogens is 202 g/mol. The van der Waals surface area contributed by atoms with Crippen molar-refractivity contribution in [1.82, 2.24) is 0 Å². The number of aliphatic hydroxyl groups is 2. The van der Waals surface area contributed by atoms with Crippen LogP contribution in [-0.2, 0) is 6.42 Å². The molecule has 0 aromatic heterocycles. The Morgan fingerprint density at radius 3 is 2.12 bits per heavy atom. The second-order valence-electron chi connectivity index (χ2n) is 4.53. The molecule has 0 aliphatic carbocycles. The summed E-state index contributed by atoms with van der Waals surface area (Å²) in [7, 11) is 0. The maximum Gasteiger partial charge on any atom is 0.0523 e. The van der Waals surface area contributed by atoms with Crippen LogP contribution in [0.4, 0.5) is 5.69 Å². The predicted molar refractivity (Wildman–Crippen MR) is 66.6 cm³/mol. The zero-order chi connectivity index (χ0) is 12.0. The van der Waals surface area contributed by atoms with E-state index in [0.717, 1.165) is 12.1 Å². The van der Waals surface area contributed by atoms with Crippen LogP contribution in [0.1, 0.15) is 19.4 Å². The number of rotatable bonds is 6. The fourth-order valence-electron chi connectivity index (χ4n) is 1.34. The summed E-state index contributed by atoms with van der Waals surface area (Å²) in [5, 5.41) is 21.5. The van der Waals surface area contributed by atoms with Gasteiger partial charge in [-0.2, -0.15) is 0 Å². The van der Waals surface area contributed by atoms with Crippen LogP contribution >= 0.6 is 0 Å². The first-order valence-corrected chi connectivity index (χ1v) is 5.68. The van der Waals surface area contributed by atoms with E-state index in [1.54, 1.807) is 0 Å². The van der Waals surface area contributed by atoms with Gasteiger partial charge in [-0.25, -0.2) is 0 Å². The first-order chi connectivity index (χ1) is 7.63. The number of aliphatic hydroxyl groups excluding tert-OH is 2. The second-order valence-corrected chi connectivity index (χ2v) is 4.53. The molecule has 3 nitrogen and oxygen atoms in total. The topological polar surface area (TPSA) is 52.5 Å². The van der Waals surface area contributed by atoms with Gasteiger partial charge in [0, 0.05) is 17.6 Å². The third-order valence-corrected chi connectivity index (χ3v) is 2.84. The Labute approximate surface area is 97.1 Å². The zero-order valence-electron chi connectivity index (χ0n) is 10.0. The van der Waals surface area contributed by atoms with Crippen molar-refractivity contribution in [3.63, 3.8) is 0 Å². The Morgan fingerprint density at radius 1 is 1.12 bits per heavy atom. The van der Waals surface area contributed by atoms with Gasteiger partial charge in [0.15, 0.2) is 0 Å². The fraction of sp³-hybridized carbons (Fsp3) is 0.538. The summed E-state index contributed by atoms with van der Waals surface area (Å²) in [6, 6.07) is 8.21. The molecule has 3 N–H and O–H groups in total. The maximum absolute atomic E-state index is 9.15. The molecule has 90 valence electrons. The van der Waals surface area contributed by atoms with E-state index in [2.05, 4.69) is 24.4 Å². The molecule has 0 radical (unpaired) electrons. The minimum atomic E-state index is -0.469. The largest absolute Gasteiger partial charge is 0.396 e. The molecule has 16 heavy (non-hydrogen) atoms. The van der Waals surface area contributed by atoms with Gasteiger partial charge in [0.05, 0.1) is 13.2 Å². The summed E-state index contributed by atoms with van der Waals surface area (Å²) < 4.78 is 0. The van der Waals surface area contributed by atoms with Gasteiger partial charge in [0.1, 0.15) is 0 Å².